The molecular formula is C10H14ClNO3. The van der Waals surface area contributed by atoms with Crippen molar-refractivity contribution in [3.63, 3.8) is 0 Å². The van der Waals surface area contributed by atoms with Gasteiger partial charge in [0.05, 0.1) is 5.88 Å². The molecule has 1 rings (SSSR count). The minimum atomic E-state index is -0.198. The third-order valence-electron chi connectivity index (χ3n) is 1.78. The highest BCUT2D eigenvalue weighted by Gasteiger charge is 2.03. The first kappa shape index (κ1) is 12.1. The fourth-order valence-corrected chi connectivity index (χ4v) is 1.09. The maximum Gasteiger partial charge on any atom is 0.227 e. The van der Waals surface area contributed by atoms with Crippen LogP contribution in [0.2, 0.25) is 0 Å². The van der Waals surface area contributed by atoms with E-state index in [1.165, 1.54) is 12.3 Å². The van der Waals surface area contributed by atoms with Gasteiger partial charge in [-0.25, -0.2) is 0 Å². The van der Waals surface area contributed by atoms with Crippen molar-refractivity contribution in [1.29, 1.82) is 0 Å². The highest BCUT2D eigenvalue weighted by atomic mass is 35.5. The Morgan fingerprint density at radius 3 is 2.80 bits per heavy atom. The van der Waals surface area contributed by atoms with Crippen LogP contribution in [0.4, 0.5) is 0 Å². The van der Waals surface area contributed by atoms with E-state index >= 15 is 0 Å². The number of alkyl halides is 1. The largest absolute Gasteiger partial charge is 0.485 e. The summed E-state index contributed by atoms with van der Waals surface area (Å²) in [6.07, 6.45) is 1.30. The van der Waals surface area contributed by atoms with Crippen LogP contribution in [0.3, 0.4) is 0 Å². The Kier molecular flexibility index (Phi) is 4.65. The molecule has 0 aliphatic rings. The summed E-state index contributed by atoms with van der Waals surface area (Å²) in [5.41, 5.74) is -0.198. The first-order valence-corrected chi connectivity index (χ1v) is 5.12. The Morgan fingerprint density at radius 1 is 1.53 bits per heavy atom. The Morgan fingerprint density at radius 2 is 2.27 bits per heavy atom. The van der Waals surface area contributed by atoms with Gasteiger partial charge in [0.1, 0.15) is 18.6 Å². The number of likely N-dealkylation sites (N-methyl/N-ethyl adjacent to an activating group) is 1. The molecule has 84 valence electrons. The molecule has 0 N–H and O–H groups in total. The van der Waals surface area contributed by atoms with Crippen molar-refractivity contribution >= 4 is 11.6 Å². The predicted octanol–water partition coefficient (Wildman–Crippen LogP) is 1.32. The molecule has 1 heterocycles. The molecule has 0 spiro atoms. The van der Waals surface area contributed by atoms with Crippen molar-refractivity contribution in [3.05, 3.63) is 28.3 Å². The summed E-state index contributed by atoms with van der Waals surface area (Å²) in [5, 5.41) is 0. The first-order chi connectivity index (χ1) is 7.13. The summed E-state index contributed by atoms with van der Waals surface area (Å²) in [5.74, 6) is 0.861. The molecule has 0 aliphatic carbocycles. The van der Waals surface area contributed by atoms with Crippen molar-refractivity contribution in [2.75, 3.05) is 27.2 Å². The zero-order valence-corrected chi connectivity index (χ0v) is 9.58. The van der Waals surface area contributed by atoms with Gasteiger partial charge in [0.15, 0.2) is 0 Å². The summed E-state index contributed by atoms with van der Waals surface area (Å²) in [4.78, 5) is 13.4. The SMILES string of the molecule is CN(C)CCOc1coc(CCl)cc1=O. The van der Waals surface area contributed by atoms with E-state index in [4.69, 9.17) is 20.8 Å². The van der Waals surface area contributed by atoms with Crippen LogP contribution in [0.15, 0.2) is 21.5 Å². The maximum absolute atomic E-state index is 11.4. The van der Waals surface area contributed by atoms with Crippen LogP contribution in [0.1, 0.15) is 5.76 Å². The molecule has 0 unspecified atom stereocenters. The van der Waals surface area contributed by atoms with Crippen LogP contribution < -0.4 is 10.2 Å². The van der Waals surface area contributed by atoms with E-state index in [0.29, 0.717) is 12.4 Å². The van der Waals surface area contributed by atoms with E-state index in [2.05, 4.69) is 0 Å². The molecule has 1 aromatic heterocycles. The second-order valence-electron chi connectivity index (χ2n) is 3.36. The number of ether oxygens (including phenoxy) is 1. The molecule has 0 aliphatic heterocycles. The highest BCUT2D eigenvalue weighted by Crippen LogP contribution is 2.07. The quantitative estimate of drug-likeness (QED) is 0.717. The lowest BCUT2D eigenvalue weighted by molar-refractivity contribution is 0.253. The van der Waals surface area contributed by atoms with E-state index in [9.17, 15) is 4.79 Å². The lowest BCUT2D eigenvalue weighted by atomic mass is 10.4. The zero-order valence-electron chi connectivity index (χ0n) is 8.83. The van der Waals surface area contributed by atoms with Gasteiger partial charge in [-0.15, -0.1) is 11.6 Å². The van der Waals surface area contributed by atoms with E-state index in [0.717, 1.165) is 6.54 Å². The predicted molar refractivity (Wildman–Crippen MR) is 58.6 cm³/mol. The molecule has 0 atom stereocenters. The van der Waals surface area contributed by atoms with Gasteiger partial charge < -0.3 is 14.1 Å². The second-order valence-corrected chi connectivity index (χ2v) is 3.63. The van der Waals surface area contributed by atoms with Crippen molar-refractivity contribution in [2.24, 2.45) is 0 Å². The van der Waals surface area contributed by atoms with Gasteiger partial charge in [0.25, 0.3) is 0 Å². The smallest absolute Gasteiger partial charge is 0.227 e. The van der Waals surface area contributed by atoms with E-state index in [1.54, 1.807) is 0 Å². The molecule has 0 saturated carbocycles. The van der Waals surface area contributed by atoms with Gasteiger partial charge in [-0.3, -0.25) is 4.79 Å². The average molecular weight is 232 g/mol. The van der Waals surface area contributed by atoms with E-state index in [1.807, 2.05) is 19.0 Å². The molecule has 15 heavy (non-hydrogen) atoms. The Labute approximate surface area is 93.4 Å². The van der Waals surface area contributed by atoms with Crippen LogP contribution in [-0.4, -0.2) is 32.1 Å². The Hall–Kier alpha value is -1.00. The topological polar surface area (TPSA) is 42.7 Å². The molecule has 1 aromatic rings. The first-order valence-electron chi connectivity index (χ1n) is 4.58. The number of hydrogen-bond donors (Lipinski definition) is 0. The third kappa shape index (κ3) is 3.93. The van der Waals surface area contributed by atoms with Gasteiger partial charge in [0.2, 0.25) is 11.2 Å². The molecule has 5 heteroatoms. The van der Waals surface area contributed by atoms with Gasteiger partial charge >= 0.3 is 0 Å². The van der Waals surface area contributed by atoms with Crippen LogP contribution in [0.5, 0.6) is 5.75 Å². The van der Waals surface area contributed by atoms with Crippen LogP contribution in [-0.2, 0) is 5.88 Å². The van der Waals surface area contributed by atoms with Gasteiger partial charge in [0, 0.05) is 12.6 Å². The van der Waals surface area contributed by atoms with Crippen molar-refractivity contribution in [1.82, 2.24) is 4.90 Å². The third-order valence-corrected chi connectivity index (χ3v) is 2.04. The number of rotatable bonds is 5. The number of hydrogen-bond acceptors (Lipinski definition) is 4. The van der Waals surface area contributed by atoms with Gasteiger partial charge in [-0.1, -0.05) is 0 Å². The minimum Gasteiger partial charge on any atom is -0.485 e. The zero-order chi connectivity index (χ0) is 11.3. The summed E-state index contributed by atoms with van der Waals surface area (Å²) in [6, 6.07) is 1.35. The fraction of sp³-hybridized carbons (Fsp3) is 0.500. The lowest BCUT2D eigenvalue weighted by Crippen LogP contribution is -2.21. The summed E-state index contributed by atoms with van der Waals surface area (Å²) in [6.45, 7) is 1.20. The molecule has 0 aromatic carbocycles. The average Bonchev–Trinajstić information content (AvgIpc) is 2.20. The molecule has 0 saturated heterocycles. The maximum atomic E-state index is 11.4. The highest BCUT2D eigenvalue weighted by molar-refractivity contribution is 6.16. The standard InChI is InChI=1S/C10H14ClNO3/c1-12(2)3-4-14-10-7-15-8(6-11)5-9(10)13/h5,7H,3-4,6H2,1-2H3. The van der Waals surface area contributed by atoms with E-state index < -0.39 is 0 Å². The Bertz CT molecular complexity index is 362. The monoisotopic (exact) mass is 231 g/mol. The lowest BCUT2D eigenvalue weighted by Gasteiger charge is -2.10. The van der Waals surface area contributed by atoms with Crippen LogP contribution in [0, 0.1) is 0 Å². The van der Waals surface area contributed by atoms with Crippen molar-refractivity contribution < 1.29 is 9.15 Å². The van der Waals surface area contributed by atoms with Gasteiger partial charge in [-0.2, -0.15) is 0 Å². The van der Waals surface area contributed by atoms with Crippen LogP contribution >= 0.6 is 11.6 Å². The minimum absolute atomic E-state index is 0.188. The normalized spacial score (nSPS) is 10.7. The fourth-order valence-electron chi connectivity index (χ4n) is 0.952. The molecule has 0 fully saturated rings. The van der Waals surface area contributed by atoms with Gasteiger partial charge in [-0.05, 0) is 14.1 Å². The molecule has 0 amide bonds. The van der Waals surface area contributed by atoms with E-state index in [-0.39, 0.29) is 17.1 Å². The molecular weight excluding hydrogens is 218 g/mol. The summed E-state index contributed by atoms with van der Waals surface area (Å²) in [7, 11) is 3.87. The number of halogens is 1. The van der Waals surface area contributed by atoms with Crippen LogP contribution in [0.25, 0.3) is 0 Å². The second kappa shape index (κ2) is 5.78. The molecule has 0 bridgehead atoms. The number of nitrogens with zero attached hydrogens (tertiary/aromatic N) is 1. The van der Waals surface area contributed by atoms with Crippen molar-refractivity contribution in [2.45, 2.75) is 5.88 Å². The Balaban J connectivity index is 2.58. The summed E-state index contributed by atoms with van der Waals surface area (Å²) >= 11 is 5.52. The molecule has 0 radical (unpaired) electrons. The van der Waals surface area contributed by atoms with Crippen molar-refractivity contribution in [3.8, 4) is 5.75 Å². The summed E-state index contributed by atoms with van der Waals surface area (Å²) < 4.78 is 10.3. The molecule has 4 nitrogen and oxygen atoms in total.